The second-order valence-corrected chi connectivity index (χ2v) is 11.4. The standard InChI is InChI=1S/C31H38FN5O6S/c1-2-28(44)33-18-25-20-37(31(40)43-25)24-7-8-27(26(32)17-24)35-9-11-36(12-10-35)29(38)21-42-30(39)23-5-3-22(4-6-23)19-34-13-15-41-16-14-34/h3-8,17,25H,2,9-16,18-21H2,1H3,(H,33,44). The molecular formula is C31H38FN5O6S. The second-order valence-electron chi connectivity index (χ2n) is 10.9. The lowest BCUT2D eigenvalue weighted by atomic mass is 10.1. The molecule has 13 heteroatoms. The summed E-state index contributed by atoms with van der Waals surface area (Å²) in [5.41, 5.74) is 2.29. The molecule has 3 aliphatic rings. The summed E-state index contributed by atoms with van der Waals surface area (Å²) in [7, 11) is 0. The molecule has 5 rings (SSSR count). The summed E-state index contributed by atoms with van der Waals surface area (Å²) in [6.45, 7) is 7.84. The van der Waals surface area contributed by atoms with Crippen LogP contribution in [0.1, 0.15) is 29.3 Å². The van der Waals surface area contributed by atoms with Crippen LogP contribution < -0.4 is 15.1 Å². The first kappa shape index (κ1) is 31.6. The molecule has 1 atom stereocenters. The third-order valence-electron chi connectivity index (χ3n) is 7.96. The van der Waals surface area contributed by atoms with Crippen molar-refractivity contribution in [1.29, 1.82) is 0 Å². The summed E-state index contributed by atoms with van der Waals surface area (Å²) in [6, 6.07) is 11.9. The molecule has 236 valence electrons. The van der Waals surface area contributed by atoms with Gasteiger partial charge in [0.05, 0.1) is 48.2 Å². The number of carbonyl (C=O) groups excluding carboxylic acids is 3. The van der Waals surface area contributed by atoms with Crippen LogP contribution in [0.3, 0.4) is 0 Å². The molecule has 1 unspecified atom stereocenters. The number of hydrogen-bond acceptors (Lipinski definition) is 9. The summed E-state index contributed by atoms with van der Waals surface area (Å²) in [5, 5.41) is 3.07. The number of esters is 1. The number of piperazine rings is 1. The van der Waals surface area contributed by atoms with Crippen molar-refractivity contribution in [1.82, 2.24) is 15.1 Å². The Kier molecular flexibility index (Phi) is 10.6. The number of hydrogen-bond donors (Lipinski definition) is 1. The van der Waals surface area contributed by atoms with E-state index in [1.54, 1.807) is 29.2 Å². The minimum atomic E-state index is -0.550. The maximum absolute atomic E-state index is 15.2. The Bertz CT molecular complexity index is 1350. The highest BCUT2D eigenvalue weighted by Crippen LogP contribution is 2.28. The number of anilines is 2. The lowest BCUT2D eigenvalue weighted by Crippen LogP contribution is -2.50. The summed E-state index contributed by atoms with van der Waals surface area (Å²) < 4.78 is 31.2. The van der Waals surface area contributed by atoms with Gasteiger partial charge in [-0.1, -0.05) is 31.3 Å². The number of nitrogens with zero attached hydrogens (tertiary/aromatic N) is 4. The van der Waals surface area contributed by atoms with Crippen LogP contribution in [0.25, 0.3) is 0 Å². The SMILES string of the molecule is CCC(=S)NCC1CN(c2ccc(N3CCN(C(=O)COC(=O)c4ccc(CN5CCOCC5)cc4)CC3)c(F)c2)C(=O)O1. The van der Waals surface area contributed by atoms with Crippen molar-refractivity contribution in [2.24, 2.45) is 0 Å². The van der Waals surface area contributed by atoms with Gasteiger partial charge in [-0.2, -0.15) is 0 Å². The van der Waals surface area contributed by atoms with Crippen LogP contribution in [0.15, 0.2) is 42.5 Å². The van der Waals surface area contributed by atoms with E-state index in [1.807, 2.05) is 24.0 Å². The third-order valence-corrected chi connectivity index (χ3v) is 8.40. The summed E-state index contributed by atoms with van der Waals surface area (Å²) in [5.74, 6) is -1.31. The molecule has 0 saturated carbocycles. The van der Waals surface area contributed by atoms with Gasteiger partial charge in [-0.15, -0.1) is 0 Å². The molecule has 0 aliphatic carbocycles. The highest BCUT2D eigenvalue weighted by molar-refractivity contribution is 7.80. The Morgan fingerprint density at radius 1 is 1.05 bits per heavy atom. The van der Waals surface area contributed by atoms with Crippen molar-refractivity contribution < 1.29 is 33.0 Å². The fraction of sp³-hybridized carbons (Fsp3) is 0.484. The van der Waals surface area contributed by atoms with Gasteiger partial charge in [-0.3, -0.25) is 14.6 Å². The Morgan fingerprint density at radius 3 is 2.45 bits per heavy atom. The highest BCUT2D eigenvalue weighted by atomic mass is 32.1. The predicted molar refractivity (Wildman–Crippen MR) is 167 cm³/mol. The van der Waals surface area contributed by atoms with Crippen LogP contribution in [0.4, 0.5) is 20.6 Å². The van der Waals surface area contributed by atoms with Crippen molar-refractivity contribution in [3.8, 4) is 0 Å². The minimum absolute atomic E-state index is 0.294. The molecule has 2 amide bonds. The normalized spacial score (nSPS) is 19.1. The van der Waals surface area contributed by atoms with Gasteiger partial charge in [0.15, 0.2) is 6.61 Å². The summed E-state index contributed by atoms with van der Waals surface area (Å²) in [4.78, 5) is 45.5. The van der Waals surface area contributed by atoms with E-state index < -0.39 is 17.9 Å². The third kappa shape index (κ3) is 8.01. The average Bonchev–Trinajstić information content (AvgIpc) is 3.43. The molecule has 0 spiro atoms. The summed E-state index contributed by atoms with van der Waals surface area (Å²) in [6.07, 6.45) is -0.209. The Morgan fingerprint density at radius 2 is 1.77 bits per heavy atom. The van der Waals surface area contributed by atoms with Gasteiger partial charge in [0.1, 0.15) is 11.9 Å². The lowest BCUT2D eigenvalue weighted by molar-refractivity contribution is -0.134. The zero-order valence-corrected chi connectivity index (χ0v) is 25.7. The van der Waals surface area contributed by atoms with Crippen molar-refractivity contribution in [3.63, 3.8) is 0 Å². The fourth-order valence-corrected chi connectivity index (χ4v) is 5.46. The first-order valence-corrected chi connectivity index (χ1v) is 15.3. The smallest absolute Gasteiger partial charge is 0.414 e. The number of carbonyl (C=O) groups is 3. The number of nitrogens with one attached hydrogen (secondary N) is 1. The van der Waals surface area contributed by atoms with Gasteiger partial charge < -0.3 is 29.3 Å². The molecule has 11 nitrogen and oxygen atoms in total. The highest BCUT2D eigenvalue weighted by Gasteiger charge is 2.33. The molecule has 2 aromatic carbocycles. The molecule has 44 heavy (non-hydrogen) atoms. The van der Waals surface area contributed by atoms with E-state index >= 15 is 4.39 Å². The van der Waals surface area contributed by atoms with Crippen molar-refractivity contribution in [2.45, 2.75) is 26.0 Å². The number of thiocarbonyl (C=S) groups is 1. The fourth-order valence-electron chi connectivity index (χ4n) is 5.37. The van der Waals surface area contributed by atoms with E-state index in [9.17, 15) is 14.4 Å². The van der Waals surface area contributed by atoms with Crippen LogP contribution in [-0.4, -0.2) is 111 Å². The Balaban J connectivity index is 1.06. The number of rotatable bonds is 10. The van der Waals surface area contributed by atoms with Gasteiger partial charge in [-0.25, -0.2) is 14.0 Å². The monoisotopic (exact) mass is 627 g/mol. The van der Waals surface area contributed by atoms with E-state index in [1.165, 1.54) is 11.0 Å². The summed E-state index contributed by atoms with van der Waals surface area (Å²) >= 11 is 5.16. The van der Waals surface area contributed by atoms with Gasteiger partial charge in [-0.05, 0) is 42.3 Å². The first-order chi connectivity index (χ1) is 21.3. The van der Waals surface area contributed by atoms with Crippen LogP contribution in [0.5, 0.6) is 0 Å². The lowest BCUT2D eigenvalue weighted by Gasteiger charge is -2.36. The predicted octanol–water partition coefficient (Wildman–Crippen LogP) is 2.82. The number of benzene rings is 2. The van der Waals surface area contributed by atoms with E-state index in [0.717, 1.165) is 38.4 Å². The Labute approximate surface area is 261 Å². The molecular weight excluding hydrogens is 589 g/mol. The molecule has 3 aliphatic heterocycles. The quantitative estimate of drug-likeness (QED) is 0.313. The number of amides is 2. The van der Waals surface area contributed by atoms with Gasteiger partial charge in [0.2, 0.25) is 0 Å². The van der Waals surface area contributed by atoms with Gasteiger partial charge in [0, 0.05) is 45.8 Å². The van der Waals surface area contributed by atoms with E-state index in [2.05, 4.69) is 10.2 Å². The van der Waals surface area contributed by atoms with Gasteiger partial charge >= 0.3 is 12.1 Å². The zero-order valence-electron chi connectivity index (χ0n) is 24.8. The average molecular weight is 628 g/mol. The van der Waals surface area contributed by atoms with Crippen LogP contribution in [0.2, 0.25) is 0 Å². The number of ether oxygens (including phenoxy) is 3. The number of morpholine rings is 1. The number of halogens is 1. The van der Waals surface area contributed by atoms with Crippen molar-refractivity contribution >= 4 is 46.6 Å². The van der Waals surface area contributed by atoms with Crippen molar-refractivity contribution in [2.75, 3.05) is 82.0 Å². The molecule has 1 N–H and O–H groups in total. The molecule has 0 bridgehead atoms. The molecule has 3 heterocycles. The van der Waals surface area contributed by atoms with Crippen LogP contribution in [-0.2, 0) is 25.5 Å². The molecule has 0 aromatic heterocycles. The first-order valence-electron chi connectivity index (χ1n) is 14.9. The van der Waals surface area contributed by atoms with Crippen molar-refractivity contribution in [3.05, 3.63) is 59.4 Å². The van der Waals surface area contributed by atoms with Crippen LogP contribution >= 0.6 is 12.2 Å². The van der Waals surface area contributed by atoms with Gasteiger partial charge in [0.25, 0.3) is 5.91 Å². The topological polar surface area (TPSA) is 104 Å². The van der Waals surface area contributed by atoms with E-state index in [0.29, 0.717) is 67.6 Å². The molecule has 3 saturated heterocycles. The van der Waals surface area contributed by atoms with E-state index in [4.69, 9.17) is 26.4 Å². The Hall–Kier alpha value is -3.81. The maximum Gasteiger partial charge on any atom is 0.414 e. The van der Waals surface area contributed by atoms with E-state index in [-0.39, 0.29) is 18.6 Å². The largest absolute Gasteiger partial charge is 0.452 e. The van der Waals surface area contributed by atoms with Crippen LogP contribution in [0, 0.1) is 5.82 Å². The maximum atomic E-state index is 15.2. The minimum Gasteiger partial charge on any atom is -0.452 e. The molecule has 2 aromatic rings. The zero-order chi connectivity index (χ0) is 31.1. The second kappa shape index (κ2) is 14.8. The number of cyclic esters (lactones) is 1. The molecule has 3 fully saturated rings. The molecule has 0 radical (unpaired) electrons.